The highest BCUT2D eigenvalue weighted by molar-refractivity contribution is 7.89. The molecule has 1 saturated heterocycles. The van der Waals surface area contributed by atoms with Gasteiger partial charge in [0.15, 0.2) is 5.82 Å². The van der Waals surface area contributed by atoms with E-state index in [0.717, 1.165) is 16.4 Å². The Hall–Kier alpha value is -2.00. The summed E-state index contributed by atoms with van der Waals surface area (Å²) in [6, 6.07) is 14.4. The molecule has 3 aromatic rings. The van der Waals surface area contributed by atoms with E-state index in [1.807, 2.05) is 34.5 Å². The standard InChI is InChI=1S/C18H17ClN4O2S2/c19-14-4-1-2-6-17(14)27(24,25)23-11-9-22(10-12-23)18-8-7-15(20-21-18)16-5-3-13-26-16/h1-8,13H,9-12H2. The van der Waals surface area contributed by atoms with Gasteiger partial charge in [-0.25, -0.2) is 8.42 Å². The van der Waals surface area contributed by atoms with Gasteiger partial charge in [0.05, 0.1) is 9.90 Å². The van der Waals surface area contributed by atoms with Crippen molar-refractivity contribution in [3.8, 4) is 10.6 Å². The summed E-state index contributed by atoms with van der Waals surface area (Å²) < 4.78 is 27.1. The smallest absolute Gasteiger partial charge is 0.244 e. The number of piperazine rings is 1. The van der Waals surface area contributed by atoms with Crippen molar-refractivity contribution < 1.29 is 8.42 Å². The predicted molar refractivity (Wildman–Crippen MR) is 108 cm³/mol. The van der Waals surface area contributed by atoms with Gasteiger partial charge >= 0.3 is 0 Å². The van der Waals surface area contributed by atoms with Crippen molar-refractivity contribution in [2.75, 3.05) is 31.1 Å². The number of benzene rings is 1. The van der Waals surface area contributed by atoms with Crippen molar-refractivity contribution in [2.45, 2.75) is 4.90 Å². The predicted octanol–water partition coefficient (Wildman–Crippen LogP) is 3.37. The van der Waals surface area contributed by atoms with Gasteiger partial charge in [-0.3, -0.25) is 0 Å². The first-order chi connectivity index (χ1) is 13.1. The van der Waals surface area contributed by atoms with E-state index in [4.69, 9.17) is 11.6 Å². The molecule has 3 heterocycles. The Morgan fingerprint density at radius 1 is 0.926 bits per heavy atom. The second kappa shape index (κ2) is 7.55. The lowest BCUT2D eigenvalue weighted by Crippen LogP contribution is -2.49. The fraction of sp³-hybridized carbons (Fsp3) is 0.222. The SMILES string of the molecule is O=S(=O)(c1ccccc1Cl)N1CCN(c2ccc(-c3cccs3)nn2)CC1. The largest absolute Gasteiger partial charge is 0.352 e. The average Bonchev–Trinajstić information content (AvgIpc) is 3.23. The number of nitrogens with zero attached hydrogens (tertiary/aromatic N) is 4. The van der Waals surface area contributed by atoms with Crippen LogP contribution in [0, 0.1) is 0 Å². The van der Waals surface area contributed by atoms with Gasteiger partial charge < -0.3 is 4.90 Å². The summed E-state index contributed by atoms with van der Waals surface area (Å²) in [5, 5.41) is 10.9. The fourth-order valence-corrected chi connectivity index (χ4v) is 5.61. The number of aromatic nitrogens is 2. The van der Waals surface area contributed by atoms with Crippen LogP contribution in [0.4, 0.5) is 5.82 Å². The Morgan fingerprint density at radius 2 is 1.70 bits per heavy atom. The Balaban J connectivity index is 1.45. The van der Waals surface area contributed by atoms with E-state index in [1.165, 1.54) is 4.31 Å². The number of rotatable bonds is 4. The molecule has 1 fully saturated rings. The van der Waals surface area contributed by atoms with Crippen molar-refractivity contribution in [1.82, 2.24) is 14.5 Å². The van der Waals surface area contributed by atoms with Gasteiger partial charge in [0.25, 0.3) is 0 Å². The number of thiophene rings is 1. The third kappa shape index (κ3) is 3.70. The second-order valence-electron chi connectivity index (χ2n) is 6.08. The summed E-state index contributed by atoms with van der Waals surface area (Å²) in [7, 11) is -3.59. The van der Waals surface area contributed by atoms with Crippen LogP contribution in [0.1, 0.15) is 0 Å². The van der Waals surface area contributed by atoms with Gasteiger partial charge in [0, 0.05) is 26.2 Å². The van der Waals surface area contributed by atoms with E-state index >= 15 is 0 Å². The third-order valence-electron chi connectivity index (χ3n) is 4.44. The molecule has 1 aromatic carbocycles. The average molecular weight is 421 g/mol. The van der Waals surface area contributed by atoms with Crippen LogP contribution in [-0.4, -0.2) is 49.1 Å². The van der Waals surface area contributed by atoms with Crippen LogP contribution in [0.3, 0.4) is 0 Å². The molecule has 0 saturated carbocycles. The molecule has 140 valence electrons. The van der Waals surface area contributed by atoms with Crippen molar-refractivity contribution >= 4 is 38.8 Å². The zero-order valence-electron chi connectivity index (χ0n) is 14.3. The molecule has 0 spiro atoms. The first-order valence-electron chi connectivity index (χ1n) is 8.43. The molecule has 0 amide bonds. The van der Waals surface area contributed by atoms with Crippen LogP contribution in [0.15, 0.2) is 58.8 Å². The number of hydrogen-bond acceptors (Lipinski definition) is 6. The molecule has 0 atom stereocenters. The quantitative estimate of drug-likeness (QED) is 0.647. The number of hydrogen-bond donors (Lipinski definition) is 0. The van der Waals surface area contributed by atoms with Gasteiger partial charge in [0.1, 0.15) is 10.6 Å². The Morgan fingerprint density at radius 3 is 2.33 bits per heavy atom. The lowest BCUT2D eigenvalue weighted by molar-refractivity contribution is 0.383. The Bertz CT molecular complexity index is 1020. The molecule has 0 bridgehead atoms. The summed E-state index contributed by atoms with van der Waals surface area (Å²) in [6.45, 7) is 1.86. The maximum absolute atomic E-state index is 12.8. The van der Waals surface area contributed by atoms with Gasteiger partial charge in [-0.05, 0) is 35.7 Å². The van der Waals surface area contributed by atoms with E-state index in [-0.39, 0.29) is 9.92 Å². The Kier molecular flexibility index (Phi) is 5.14. The lowest BCUT2D eigenvalue weighted by atomic mass is 10.3. The zero-order chi connectivity index (χ0) is 18.9. The molecule has 4 rings (SSSR count). The summed E-state index contributed by atoms with van der Waals surface area (Å²) in [6.07, 6.45) is 0. The first kappa shape index (κ1) is 18.4. The number of anilines is 1. The van der Waals surface area contributed by atoms with Crippen LogP contribution in [0.2, 0.25) is 5.02 Å². The maximum atomic E-state index is 12.8. The minimum atomic E-state index is -3.59. The molecular formula is C18H17ClN4O2S2. The van der Waals surface area contributed by atoms with Gasteiger partial charge in [-0.2, -0.15) is 4.31 Å². The van der Waals surface area contributed by atoms with E-state index in [2.05, 4.69) is 10.2 Å². The normalized spacial score (nSPS) is 15.8. The molecule has 0 unspecified atom stereocenters. The molecule has 1 aliphatic rings. The molecular weight excluding hydrogens is 404 g/mol. The van der Waals surface area contributed by atoms with Gasteiger partial charge in [-0.15, -0.1) is 21.5 Å². The molecule has 0 N–H and O–H groups in total. The summed E-state index contributed by atoms with van der Waals surface area (Å²) in [5.41, 5.74) is 0.841. The summed E-state index contributed by atoms with van der Waals surface area (Å²) in [4.78, 5) is 3.27. The molecule has 0 aliphatic carbocycles. The fourth-order valence-electron chi connectivity index (χ4n) is 3.00. The van der Waals surface area contributed by atoms with Crippen LogP contribution < -0.4 is 4.90 Å². The molecule has 6 nitrogen and oxygen atoms in total. The van der Waals surface area contributed by atoms with Crippen molar-refractivity contribution in [1.29, 1.82) is 0 Å². The van der Waals surface area contributed by atoms with Crippen molar-refractivity contribution in [3.05, 3.63) is 58.9 Å². The number of sulfonamides is 1. The monoisotopic (exact) mass is 420 g/mol. The first-order valence-corrected chi connectivity index (χ1v) is 11.1. The van der Waals surface area contributed by atoms with E-state index in [1.54, 1.807) is 35.6 Å². The zero-order valence-corrected chi connectivity index (χ0v) is 16.7. The van der Waals surface area contributed by atoms with Crippen molar-refractivity contribution in [3.63, 3.8) is 0 Å². The topological polar surface area (TPSA) is 66.4 Å². The van der Waals surface area contributed by atoms with Crippen LogP contribution in [-0.2, 0) is 10.0 Å². The van der Waals surface area contributed by atoms with Crippen LogP contribution >= 0.6 is 22.9 Å². The highest BCUT2D eigenvalue weighted by Crippen LogP contribution is 2.26. The van der Waals surface area contributed by atoms with Crippen LogP contribution in [0.25, 0.3) is 10.6 Å². The highest BCUT2D eigenvalue weighted by atomic mass is 35.5. The molecule has 9 heteroatoms. The third-order valence-corrected chi connectivity index (χ3v) is 7.73. The molecule has 27 heavy (non-hydrogen) atoms. The highest BCUT2D eigenvalue weighted by Gasteiger charge is 2.30. The Labute approximate surface area is 167 Å². The maximum Gasteiger partial charge on any atom is 0.244 e. The van der Waals surface area contributed by atoms with Crippen molar-refractivity contribution in [2.24, 2.45) is 0 Å². The van der Waals surface area contributed by atoms with Gasteiger partial charge in [0.2, 0.25) is 10.0 Å². The lowest BCUT2D eigenvalue weighted by Gasteiger charge is -2.34. The summed E-state index contributed by atoms with van der Waals surface area (Å²) in [5.74, 6) is 0.755. The number of halogens is 1. The second-order valence-corrected chi connectivity index (χ2v) is 9.34. The minimum Gasteiger partial charge on any atom is -0.352 e. The van der Waals surface area contributed by atoms with E-state index in [0.29, 0.717) is 26.2 Å². The minimum absolute atomic E-state index is 0.153. The molecule has 0 radical (unpaired) electrons. The molecule has 1 aliphatic heterocycles. The molecule has 2 aromatic heterocycles. The van der Waals surface area contributed by atoms with Crippen LogP contribution in [0.5, 0.6) is 0 Å². The van der Waals surface area contributed by atoms with E-state index in [9.17, 15) is 8.42 Å². The van der Waals surface area contributed by atoms with Gasteiger partial charge in [-0.1, -0.05) is 29.8 Å². The summed E-state index contributed by atoms with van der Waals surface area (Å²) >= 11 is 7.70. The van der Waals surface area contributed by atoms with E-state index < -0.39 is 10.0 Å².